The molecule has 0 aliphatic carbocycles. The summed E-state index contributed by atoms with van der Waals surface area (Å²) in [4.78, 5) is 11.9. The summed E-state index contributed by atoms with van der Waals surface area (Å²) < 4.78 is 15.9. The van der Waals surface area contributed by atoms with Crippen molar-refractivity contribution >= 4 is 17.7 Å². The molecule has 136 valence electrons. The van der Waals surface area contributed by atoms with Gasteiger partial charge in [0.15, 0.2) is 0 Å². The smallest absolute Gasteiger partial charge is 0.277 e. The minimum absolute atomic E-state index is 0.0808. The molecule has 0 unspecified atom stereocenters. The van der Waals surface area contributed by atoms with Crippen molar-refractivity contribution in [2.75, 3.05) is 19.4 Å². The van der Waals surface area contributed by atoms with Gasteiger partial charge in [-0.25, -0.2) is 0 Å². The van der Waals surface area contributed by atoms with E-state index in [4.69, 9.17) is 13.6 Å². The summed E-state index contributed by atoms with van der Waals surface area (Å²) in [5.41, 5.74) is 1.89. The average Bonchev–Trinajstić information content (AvgIpc) is 3.29. The molecular weight excluding hydrogens is 354 g/mol. The van der Waals surface area contributed by atoms with Gasteiger partial charge in [-0.1, -0.05) is 23.9 Å². The second kappa shape index (κ2) is 8.57. The summed E-state index contributed by atoms with van der Waals surface area (Å²) in [5.74, 6) is 2.05. The first-order chi connectivity index (χ1) is 12.7. The van der Waals surface area contributed by atoms with Crippen molar-refractivity contribution in [1.29, 1.82) is 0 Å². The molecule has 7 nitrogen and oxygen atoms in total. The number of rotatable bonds is 8. The molecule has 0 fully saturated rings. The number of methoxy groups -OCH3 is 1. The number of amides is 1. The molecular formula is C18H19N3O4S. The zero-order valence-electron chi connectivity index (χ0n) is 14.5. The maximum absolute atomic E-state index is 11.9. The number of carbonyl (C=O) groups excluding carboxylic acids is 1. The first kappa shape index (κ1) is 18.1. The predicted octanol–water partition coefficient (Wildman–Crippen LogP) is 3.10. The number of aromatic nitrogens is 2. The second-order valence-electron chi connectivity index (χ2n) is 5.50. The molecule has 0 aliphatic heterocycles. The zero-order valence-corrected chi connectivity index (χ0v) is 15.3. The first-order valence-corrected chi connectivity index (χ1v) is 9.04. The number of nitrogens with one attached hydrogen (secondary N) is 1. The molecule has 3 aromatic rings. The predicted molar refractivity (Wildman–Crippen MR) is 97.2 cm³/mol. The molecule has 1 aromatic carbocycles. The van der Waals surface area contributed by atoms with Gasteiger partial charge in [-0.15, -0.1) is 10.2 Å². The number of hydrogen-bond acceptors (Lipinski definition) is 7. The molecule has 3 rings (SSSR count). The van der Waals surface area contributed by atoms with Crippen LogP contribution < -0.4 is 10.1 Å². The molecule has 1 N–H and O–H groups in total. The molecule has 26 heavy (non-hydrogen) atoms. The fourth-order valence-corrected chi connectivity index (χ4v) is 2.89. The van der Waals surface area contributed by atoms with E-state index in [1.165, 1.54) is 11.8 Å². The van der Waals surface area contributed by atoms with Crippen LogP contribution in [0.2, 0.25) is 0 Å². The van der Waals surface area contributed by atoms with E-state index in [1.54, 1.807) is 19.4 Å². The van der Waals surface area contributed by atoms with E-state index >= 15 is 0 Å². The van der Waals surface area contributed by atoms with E-state index in [2.05, 4.69) is 15.5 Å². The molecule has 0 radical (unpaired) electrons. The van der Waals surface area contributed by atoms with Crippen molar-refractivity contribution in [3.63, 3.8) is 0 Å². The van der Waals surface area contributed by atoms with Crippen LogP contribution in [0.25, 0.3) is 11.5 Å². The molecule has 2 heterocycles. The van der Waals surface area contributed by atoms with Gasteiger partial charge in [0.2, 0.25) is 5.91 Å². The van der Waals surface area contributed by atoms with E-state index in [9.17, 15) is 4.79 Å². The molecule has 0 saturated carbocycles. The van der Waals surface area contributed by atoms with Crippen LogP contribution >= 0.6 is 11.8 Å². The van der Waals surface area contributed by atoms with Crippen molar-refractivity contribution < 1.29 is 18.4 Å². The lowest BCUT2D eigenvalue weighted by atomic mass is 10.1. The number of thioether (sulfide) groups is 1. The number of nitrogens with zero attached hydrogens (tertiary/aromatic N) is 2. The Morgan fingerprint density at radius 2 is 2.04 bits per heavy atom. The van der Waals surface area contributed by atoms with Gasteiger partial charge in [0.05, 0.1) is 24.7 Å². The van der Waals surface area contributed by atoms with E-state index in [0.717, 1.165) is 23.3 Å². The largest absolute Gasteiger partial charge is 0.497 e. The summed E-state index contributed by atoms with van der Waals surface area (Å²) in [6.07, 6.45) is 2.32. The average molecular weight is 373 g/mol. The molecule has 0 saturated heterocycles. The van der Waals surface area contributed by atoms with Gasteiger partial charge >= 0.3 is 0 Å². The Morgan fingerprint density at radius 1 is 1.23 bits per heavy atom. The summed E-state index contributed by atoms with van der Waals surface area (Å²) >= 11 is 1.20. The Labute approximate surface area is 155 Å². The number of benzene rings is 1. The normalized spacial score (nSPS) is 10.7. The van der Waals surface area contributed by atoms with Gasteiger partial charge in [-0.2, -0.15) is 0 Å². The van der Waals surface area contributed by atoms with E-state index in [0.29, 0.717) is 23.4 Å². The Morgan fingerprint density at radius 3 is 2.73 bits per heavy atom. The number of ether oxygens (including phenoxy) is 1. The fourth-order valence-electron chi connectivity index (χ4n) is 2.30. The minimum Gasteiger partial charge on any atom is -0.497 e. The monoisotopic (exact) mass is 373 g/mol. The molecule has 8 heteroatoms. The van der Waals surface area contributed by atoms with Crippen LogP contribution in [0.3, 0.4) is 0 Å². The lowest BCUT2D eigenvalue weighted by Gasteiger charge is -2.05. The zero-order chi connectivity index (χ0) is 18.4. The summed E-state index contributed by atoms with van der Waals surface area (Å²) in [6.45, 7) is 2.39. The third-order valence-electron chi connectivity index (χ3n) is 3.72. The summed E-state index contributed by atoms with van der Waals surface area (Å²) in [7, 11) is 1.63. The van der Waals surface area contributed by atoms with Crippen LogP contribution in [-0.2, 0) is 11.2 Å². The lowest BCUT2D eigenvalue weighted by molar-refractivity contribution is -0.118. The van der Waals surface area contributed by atoms with Crippen molar-refractivity contribution in [2.45, 2.75) is 18.6 Å². The maximum Gasteiger partial charge on any atom is 0.277 e. The van der Waals surface area contributed by atoms with Crippen molar-refractivity contribution in [3.8, 4) is 17.2 Å². The first-order valence-electron chi connectivity index (χ1n) is 8.06. The van der Waals surface area contributed by atoms with Crippen LogP contribution in [0.15, 0.2) is 50.7 Å². The van der Waals surface area contributed by atoms with Crippen LogP contribution in [0, 0.1) is 6.92 Å². The van der Waals surface area contributed by atoms with Gasteiger partial charge in [-0.3, -0.25) is 4.79 Å². The van der Waals surface area contributed by atoms with Gasteiger partial charge < -0.3 is 18.9 Å². The SMILES string of the molecule is COc1ccc(CCNC(=O)CSc2nnc(-c3ccoc3C)o2)cc1. The van der Waals surface area contributed by atoms with Crippen molar-refractivity contribution in [1.82, 2.24) is 15.5 Å². The lowest BCUT2D eigenvalue weighted by Crippen LogP contribution is -2.27. The maximum atomic E-state index is 11.9. The van der Waals surface area contributed by atoms with Gasteiger partial charge in [-0.05, 0) is 37.1 Å². The molecule has 0 bridgehead atoms. The van der Waals surface area contributed by atoms with Crippen LogP contribution in [0.4, 0.5) is 0 Å². The van der Waals surface area contributed by atoms with E-state index < -0.39 is 0 Å². The molecule has 2 aromatic heterocycles. The van der Waals surface area contributed by atoms with Gasteiger partial charge in [0.1, 0.15) is 11.5 Å². The Bertz CT molecular complexity index is 857. The standard InChI is InChI=1S/C18H19N3O4S/c1-12-15(8-10-24-12)17-20-21-18(25-17)26-11-16(22)19-9-7-13-3-5-14(23-2)6-4-13/h3-6,8,10H,7,9,11H2,1-2H3,(H,19,22). The Kier molecular flexibility index (Phi) is 5.96. The Balaban J connectivity index is 1.41. The molecule has 1 amide bonds. The van der Waals surface area contributed by atoms with E-state index in [1.807, 2.05) is 31.2 Å². The summed E-state index contributed by atoms with van der Waals surface area (Å²) in [5, 5.41) is 11.1. The van der Waals surface area contributed by atoms with Crippen LogP contribution in [-0.4, -0.2) is 35.5 Å². The summed E-state index contributed by atoms with van der Waals surface area (Å²) in [6, 6.07) is 9.54. The van der Waals surface area contributed by atoms with Gasteiger partial charge in [0, 0.05) is 6.54 Å². The van der Waals surface area contributed by atoms with Crippen LogP contribution in [0.5, 0.6) is 5.75 Å². The third kappa shape index (κ3) is 4.66. The van der Waals surface area contributed by atoms with Crippen molar-refractivity contribution in [2.24, 2.45) is 0 Å². The van der Waals surface area contributed by atoms with Crippen LogP contribution in [0.1, 0.15) is 11.3 Å². The number of furan rings is 1. The highest BCUT2D eigenvalue weighted by atomic mass is 32.2. The van der Waals surface area contributed by atoms with Gasteiger partial charge in [0.25, 0.3) is 11.1 Å². The highest BCUT2D eigenvalue weighted by molar-refractivity contribution is 7.99. The highest BCUT2D eigenvalue weighted by Gasteiger charge is 2.14. The second-order valence-corrected chi connectivity index (χ2v) is 6.43. The highest BCUT2D eigenvalue weighted by Crippen LogP contribution is 2.26. The quantitative estimate of drug-likeness (QED) is 0.607. The topological polar surface area (TPSA) is 90.4 Å². The number of hydrogen-bond donors (Lipinski definition) is 1. The van der Waals surface area contributed by atoms with E-state index in [-0.39, 0.29) is 11.7 Å². The van der Waals surface area contributed by atoms with Crippen molar-refractivity contribution in [3.05, 3.63) is 47.9 Å². The molecule has 0 atom stereocenters. The number of carbonyl (C=O) groups is 1. The minimum atomic E-state index is -0.0808. The molecule has 0 spiro atoms. The number of aryl methyl sites for hydroxylation is 1. The third-order valence-corrected chi connectivity index (χ3v) is 4.54. The molecule has 0 aliphatic rings. The Hall–Kier alpha value is -2.74. The fraction of sp³-hybridized carbons (Fsp3) is 0.278.